The van der Waals surface area contributed by atoms with Crippen LogP contribution in [0.3, 0.4) is 0 Å². The van der Waals surface area contributed by atoms with E-state index in [0.717, 1.165) is 6.08 Å². The zero-order valence-electron chi connectivity index (χ0n) is 17.7. The lowest BCUT2D eigenvalue weighted by Crippen LogP contribution is -2.24. The third-order valence-electron chi connectivity index (χ3n) is 5.11. The van der Waals surface area contributed by atoms with Gasteiger partial charge >= 0.3 is 5.97 Å². The fourth-order valence-electron chi connectivity index (χ4n) is 3.56. The first-order chi connectivity index (χ1) is 15.8. The zero-order valence-corrected chi connectivity index (χ0v) is 17.7. The molecule has 0 fully saturated rings. The second-order valence-electron chi connectivity index (χ2n) is 7.62. The van der Waals surface area contributed by atoms with Crippen LogP contribution in [0.1, 0.15) is 40.7 Å². The number of aliphatic imine (C=N–C) groups is 1. The minimum absolute atomic E-state index is 0.0719. The van der Waals surface area contributed by atoms with Gasteiger partial charge in [0.05, 0.1) is 5.69 Å². The van der Waals surface area contributed by atoms with E-state index in [1.807, 2.05) is 0 Å². The molecule has 0 aromatic heterocycles. The molecule has 1 aliphatic carbocycles. The SMILES string of the molecule is NNC=Nc1cccc(C(=O)NCc2cccc(C3(F)C=C(F)C=C(CCC(=O)O)C3)c2)c1. The summed E-state index contributed by atoms with van der Waals surface area (Å²) in [5.41, 5.74) is 2.38. The van der Waals surface area contributed by atoms with Gasteiger partial charge in [-0.15, -0.1) is 0 Å². The van der Waals surface area contributed by atoms with E-state index >= 15 is 4.39 Å². The summed E-state index contributed by atoms with van der Waals surface area (Å²) >= 11 is 0. The topological polar surface area (TPSA) is 117 Å². The lowest BCUT2D eigenvalue weighted by molar-refractivity contribution is -0.137. The number of hydrazine groups is 1. The number of carbonyl (C=O) groups is 2. The van der Waals surface area contributed by atoms with Gasteiger partial charge in [-0.25, -0.2) is 19.6 Å². The number of aliphatic carboxylic acids is 1. The highest BCUT2D eigenvalue weighted by Crippen LogP contribution is 2.40. The van der Waals surface area contributed by atoms with Crippen LogP contribution >= 0.6 is 0 Å². The first kappa shape index (κ1) is 23.8. The van der Waals surface area contributed by atoms with Crippen molar-refractivity contribution in [1.29, 1.82) is 0 Å². The molecule has 1 unspecified atom stereocenters. The molecule has 7 nitrogen and oxygen atoms in total. The number of hydrogen-bond acceptors (Lipinski definition) is 4. The number of amides is 1. The Kier molecular flexibility index (Phi) is 7.68. The summed E-state index contributed by atoms with van der Waals surface area (Å²) in [5, 5.41) is 11.6. The van der Waals surface area contributed by atoms with Crippen molar-refractivity contribution < 1.29 is 23.5 Å². The number of rotatable bonds is 9. The Morgan fingerprint density at radius 3 is 2.76 bits per heavy atom. The van der Waals surface area contributed by atoms with Crippen LogP contribution in [0.2, 0.25) is 0 Å². The molecule has 0 spiro atoms. The van der Waals surface area contributed by atoms with Crippen molar-refractivity contribution in [2.45, 2.75) is 31.5 Å². The van der Waals surface area contributed by atoms with Crippen LogP contribution in [-0.4, -0.2) is 23.3 Å². The fraction of sp³-hybridized carbons (Fsp3) is 0.208. The highest BCUT2D eigenvalue weighted by Gasteiger charge is 2.34. The summed E-state index contributed by atoms with van der Waals surface area (Å²) < 4.78 is 29.8. The van der Waals surface area contributed by atoms with Crippen molar-refractivity contribution in [2.24, 2.45) is 10.8 Å². The van der Waals surface area contributed by atoms with Crippen molar-refractivity contribution in [1.82, 2.24) is 10.7 Å². The molecule has 1 atom stereocenters. The third-order valence-corrected chi connectivity index (χ3v) is 5.11. The number of carboxylic acid groups (broad SMARTS) is 1. The van der Waals surface area contributed by atoms with Gasteiger partial charge in [0.2, 0.25) is 0 Å². The highest BCUT2D eigenvalue weighted by molar-refractivity contribution is 5.95. The van der Waals surface area contributed by atoms with Gasteiger partial charge in [0, 0.05) is 24.9 Å². The molecule has 172 valence electrons. The van der Waals surface area contributed by atoms with Gasteiger partial charge in [0.1, 0.15) is 12.2 Å². The van der Waals surface area contributed by atoms with Gasteiger partial charge in [0.25, 0.3) is 5.91 Å². The van der Waals surface area contributed by atoms with E-state index in [1.165, 1.54) is 12.4 Å². The summed E-state index contributed by atoms with van der Waals surface area (Å²) in [6, 6.07) is 13.1. The molecule has 5 N–H and O–H groups in total. The highest BCUT2D eigenvalue weighted by atomic mass is 19.1. The number of carboxylic acids is 1. The summed E-state index contributed by atoms with van der Waals surface area (Å²) in [4.78, 5) is 27.4. The quantitative estimate of drug-likeness (QED) is 0.198. The minimum atomic E-state index is -2.10. The van der Waals surface area contributed by atoms with Crippen LogP contribution in [-0.2, 0) is 17.0 Å². The Balaban J connectivity index is 1.70. The van der Waals surface area contributed by atoms with E-state index in [4.69, 9.17) is 10.9 Å². The van der Waals surface area contributed by atoms with Gasteiger partial charge in [-0.1, -0.05) is 35.9 Å². The molecule has 33 heavy (non-hydrogen) atoms. The van der Waals surface area contributed by atoms with Gasteiger partial charge in [-0.3, -0.25) is 9.59 Å². The summed E-state index contributed by atoms with van der Waals surface area (Å²) in [5.74, 6) is 3.04. The predicted octanol–water partition coefficient (Wildman–Crippen LogP) is 3.95. The Hall–Kier alpha value is -3.85. The van der Waals surface area contributed by atoms with Crippen molar-refractivity contribution in [3.63, 3.8) is 0 Å². The average Bonchev–Trinajstić information content (AvgIpc) is 2.79. The number of benzene rings is 2. The number of nitrogens with two attached hydrogens (primary N) is 1. The number of alkyl halides is 1. The molecule has 3 rings (SSSR count). The molecule has 1 amide bonds. The largest absolute Gasteiger partial charge is 0.481 e. The van der Waals surface area contributed by atoms with Crippen LogP contribution in [0.4, 0.5) is 14.5 Å². The number of nitrogens with zero attached hydrogens (tertiary/aromatic N) is 1. The van der Waals surface area contributed by atoms with Crippen LogP contribution in [0.25, 0.3) is 0 Å². The Labute approximate surface area is 189 Å². The summed E-state index contributed by atoms with van der Waals surface area (Å²) in [7, 11) is 0. The second kappa shape index (κ2) is 10.6. The molecular weight excluding hydrogens is 430 g/mol. The standard InChI is InChI=1S/C24H24F2N4O3/c25-20-10-16(7-8-22(31)32)12-24(26,13-20)19-5-1-3-17(9-19)14-28-23(33)18-4-2-6-21(11-18)29-15-30-27/h1-6,9-11,13,15H,7-8,12,14,27H2,(H,28,33)(H,29,30)(H,31,32). The Bertz CT molecular complexity index is 1130. The molecule has 0 bridgehead atoms. The molecule has 0 aliphatic heterocycles. The van der Waals surface area contributed by atoms with Crippen LogP contribution in [0.5, 0.6) is 0 Å². The lowest BCUT2D eigenvalue weighted by Gasteiger charge is -2.27. The monoisotopic (exact) mass is 454 g/mol. The molecule has 0 saturated carbocycles. The number of allylic oxidation sites excluding steroid dienone is 4. The lowest BCUT2D eigenvalue weighted by atomic mass is 9.83. The molecule has 9 heteroatoms. The van der Waals surface area contributed by atoms with E-state index in [1.54, 1.807) is 48.5 Å². The molecule has 0 saturated heterocycles. The van der Waals surface area contributed by atoms with Crippen molar-refractivity contribution >= 4 is 23.9 Å². The maximum absolute atomic E-state index is 15.7. The molecule has 2 aromatic rings. The van der Waals surface area contributed by atoms with Gasteiger partial charge in [-0.2, -0.15) is 0 Å². The summed E-state index contributed by atoms with van der Waals surface area (Å²) in [6.45, 7) is 0.133. The Morgan fingerprint density at radius 2 is 2.00 bits per heavy atom. The van der Waals surface area contributed by atoms with E-state index in [2.05, 4.69) is 15.7 Å². The third kappa shape index (κ3) is 6.56. The number of hydrogen-bond donors (Lipinski definition) is 4. The minimum Gasteiger partial charge on any atom is -0.481 e. The van der Waals surface area contributed by atoms with Crippen LogP contribution < -0.4 is 16.6 Å². The zero-order chi connectivity index (χ0) is 23.8. The van der Waals surface area contributed by atoms with E-state index < -0.39 is 17.5 Å². The van der Waals surface area contributed by atoms with Crippen molar-refractivity contribution in [3.8, 4) is 0 Å². The molecular formula is C24H24F2N4O3. The van der Waals surface area contributed by atoms with Gasteiger partial charge < -0.3 is 15.8 Å². The van der Waals surface area contributed by atoms with E-state index in [-0.39, 0.29) is 37.3 Å². The number of halogens is 2. The molecule has 2 aromatic carbocycles. The fourth-order valence-corrected chi connectivity index (χ4v) is 3.56. The molecule has 0 radical (unpaired) electrons. The maximum atomic E-state index is 15.7. The second-order valence-corrected chi connectivity index (χ2v) is 7.62. The summed E-state index contributed by atoms with van der Waals surface area (Å²) in [6.07, 6.45) is 3.12. The van der Waals surface area contributed by atoms with E-state index in [0.29, 0.717) is 22.4 Å². The van der Waals surface area contributed by atoms with Crippen molar-refractivity contribution in [3.05, 3.63) is 88.8 Å². The van der Waals surface area contributed by atoms with Crippen LogP contribution in [0.15, 0.2) is 77.1 Å². The maximum Gasteiger partial charge on any atom is 0.303 e. The van der Waals surface area contributed by atoms with Gasteiger partial charge in [-0.05, 0) is 47.9 Å². The smallest absolute Gasteiger partial charge is 0.303 e. The average molecular weight is 454 g/mol. The first-order valence-corrected chi connectivity index (χ1v) is 10.2. The van der Waals surface area contributed by atoms with Gasteiger partial charge in [0.15, 0.2) is 5.67 Å². The molecule has 1 aliphatic rings. The number of carbonyl (C=O) groups excluding carboxylic acids is 1. The van der Waals surface area contributed by atoms with Crippen molar-refractivity contribution in [2.75, 3.05) is 0 Å². The Morgan fingerprint density at radius 1 is 1.21 bits per heavy atom. The first-order valence-electron chi connectivity index (χ1n) is 10.2. The van der Waals surface area contributed by atoms with Crippen LogP contribution in [0, 0.1) is 0 Å². The normalized spacial score (nSPS) is 17.9. The molecule has 0 heterocycles. The van der Waals surface area contributed by atoms with E-state index in [9.17, 15) is 14.0 Å². The number of nitrogens with one attached hydrogen (secondary N) is 2. The predicted molar refractivity (Wildman–Crippen MR) is 121 cm³/mol.